The van der Waals surface area contributed by atoms with Gasteiger partial charge in [-0.1, -0.05) is 0 Å². The van der Waals surface area contributed by atoms with E-state index in [1.807, 2.05) is 0 Å². The van der Waals surface area contributed by atoms with Crippen molar-refractivity contribution >= 4 is 27.3 Å². The van der Waals surface area contributed by atoms with Gasteiger partial charge in [0.05, 0.1) is 9.48 Å². The molecule has 0 fully saturated rings. The molecule has 0 spiro atoms. The predicted molar refractivity (Wildman–Crippen MR) is 63.1 cm³/mol. The van der Waals surface area contributed by atoms with Crippen LogP contribution >= 0.6 is 27.3 Å². The maximum absolute atomic E-state index is 13.5. The fourth-order valence-electron chi connectivity index (χ4n) is 1.24. The number of aromatic nitrogens is 1. The van der Waals surface area contributed by atoms with E-state index < -0.39 is 11.6 Å². The Morgan fingerprint density at radius 2 is 2.12 bits per heavy atom. The first kappa shape index (κ1) is 11.6. The highest BCUT2D eigenvalue weighted by atomic mass is 79.9. The fraction of sp³-hybridized carbons (Fsp3) is 0.100. The zero-order valence-corrected chi connectivity index (χ0v) is 10.4. The van der Waals surface area contributed by atoms with Crippen molar-refractivity contribution in [3.8, 4) is 10.6 Å². The van der Waals surface area contributed by atoms with Gasteiger partial charge in [-0.2, -0.15) is 0 Å². The monoisotopic (exact) mass is 304 g/mol. The second kappa shape index (κ2) is 4.57. The summed E-state index contributed by atoms with van der Waals surface area (Å²) in [4.78, 5) is 4.14. The smallest absolute Gasteiger partial charge is 0.133 e. The summed E-state index contributed by atoms with van der Waals surface area (Å²) in [5.41, 5.74) is 6.26. The van der Waals surface area contributed by atoms with E-state index in [4.69, 9.17) is 5.73 Å². The van der Waals surface area contributed by atoms with Crippen LogP contribution in [0.15, 0.2) is 22.0 Å². The summed E-state index contributed by atoms with van der Waals surface area (Å²) in [6, 6.07) is 3.29. The molecule has 0 aliphatic carbocycles. The van der Waals surface area contributed by atoms with E-state index in [1.54, 1.807) is 0 Å². The molecule has 2 rings (SSSR count). The van der Waals surface area contributed by atoms with Crippen LogP contribution in [0.1, 0.15) is 5.69 Å². The Bertz CT molecular complexity index is 528. The Balaban J connectivity index is 2.53. The number of nitrogens with two attached hydrogens (primary N) is 1. The second-order valence-electron chi connectivity index (χ2n) is 3.07. The van der Waals surface area contributed by atoms with Crippen LogP contribution in [0.3, 0.4) is 0 Å². The standard InChI is InChI=1S/C10H7BrF2N2S/c11-9-8(4-14)15-10(16-9)6-3-5(12)1-2-7(6)13/h1-3H,4,14H2. The highest BCUT2D eigenvalue weighted by Crippen LogP contribution is 2.33. The minimum absolute atomic E-state index is 0.158. The van der Waals surface area contributed by atoms with Crippen molar-refractivity contribution in [2.45, 2.75) is 6.54 Å². The van der Waals surface area contributed by atoms with Gasteiger partial charge in [-0.05, 0) is 34.1 Å². The van der Waals surface area contributed by atoms with E-state index in [2.05, 4.69) is 20.9 Å². The Morgan fingerprint density at radius 1 is 1.38 bits per heavy atom. The number of rotatable bonds is 2. The van der Waals surface area contributed by atoms with Crippen LogP contribution in [0.4, 0.5) is 8.78 Å². The third-order valence-corrected chi connectivity index (χ3v) is 3.86. The molecule has 0 saturated carbocycles. The van der Waals surface area contributed by atoms with Crippen molar-refractivity contribution in [1.29, 1.82) is 0 Å². The van der Waals surface area contributed by atoms with Crippen LogP contribution in [0.5, 0.6) is 0 Å². The van der Waals surface area contributed by atoms with Crippen molar-refractivity contribution in [2.24, 2.45) is 5.73 Å². The van der Waals surface area contributed by atoms with Crippen molar-refractivity contribution < 1.29 is 8.78 Å². The van der Waals surface area contributed by atoms with Crippen LogP contribution in [0.2, 0.25) is 0 Å². The molecule has 0 radical (unpaired) electrons. The summed E-state index contributed by atoms with van der Waals surface area (Å²) in [6.07, 6.45) is 0. The average Bonchev–Trinajstić information content (AvgIpc) is 2.63. The maximum atomic E-state index is 13.5. The van der Waals surface area contributed by atoms with Gasteiger partial charge in [-0.3, -0.25) is 0 Å². The molecule has 1 aromatic heterocycles. The zero-order valence-electron chi connectivity index (χ0n) is 8.01. The summed E-state index contributed by atoms with van der Waals surface area (Å²) in [7, 11) is 0. The maximum Gasteiger partial charge on any atom is 0.133 e. The van der Waals surface area contributed by atoms with Crippen LogP contribution in [0, 0.1) is 11.6 Å². The summed E-state index contributed by atoms with van der Waals surface area (Å²) in [5, 5.41) is 0.421. The summed E-state index contributed by atoms with van der Waals surface area (Å²) in [6.45, 7) is 0.258. The molecule has 0 aliphatic rings. The molecule has 1 aromatic carbocycles. The molecule has 0 atom stereocenters. The molecule has 1 heterocycles. The van der Waals surface area contributed by atoms with Gasteiger partial charge in [0, 0.05) is 12.1 Å². The van der Waals surface area contributed by atoms with Gasteiger partial charge in [0.15, 0.2) is 0 Å². The van der Waals surface area contributed by atoms with Crippen molar-refractivity contribution in [3.63, 3.8) is 0 Å². The predicted octanol–water partition coefficient (Wildman–Crippen LogP) is 3.31. The molecule has 0 unspecified atom stereocenters. The van der Waals surface area contributed by atoms with Gasteiger partial charge in [0.25, 0.3) is 0 Å². The largest absolute Gasteiger partial charge is 0.325 e. The zero-order chi connectivity index (χ0) is 11.7. The lowest BCUT2D eigenvalue weighted by Crippen LogP contribution is -1.97. The van der Waals surface area contributed by atoms with Crippen molar-refractivity contribution in [3.05, 3.63) is 39.3 Å². The quantitative estimate of drug-likeness (QED) is 0.924. The van der Waals surface area contributed by atoms with Crippen LogP contribution in [-0.4, -0.2) is 4.98 Å². The van der Waals surface area contributed by atoms with E-state index in [9.17, 15) is 8.78 Å². The lowest BCUT2D eigenvalue weighted by Gasteiger charge is -1.98. The number of thiazole rings is 1. The highest BCUT2D eigenvalue weighted by Gasteiger charge is 2.13. The van der Waals surface area contributed by atoms with Gasteiger partial charge in [0.2, 0.25) is 0 Å². The topological polar surface area (TPSA) is 38.9 Å². The third kappa shape index (κ3) is 2.14. The Hall–Kier alpha value is -0.850. The van der Waals surface area contributed by atoms with Gasteiger partial charge in [-0.15, -0.1) is 11.3 Å². The molecule has 16 heavy (non-hydrogen) atoms. The van der Waals surface area contributed by atoms with Crippen molar-refractivity contribution in [2.75, 3.05) is 0 Å². The van der Waals surface area contributed by atoms with E-state index in [-0.39, 0.29) is 12.1 Å². The molecule has 6 heteroatoms. The summed E-state index contributed by atoms with van der Waals surface area (Å²) >= 11 is 4.51. The van der Waals surface area contributed by atoms with Crippen LogP contribution in [0.25, 0.3) is 10.6 Å². The highest BCUT2D eigenvalue weighted by molar-refractivity contribution is 9.11. The minimum atomic E-state index is -0.494. The molecule has 2 aromatic rings. The molecule has 2 N–H and O–H groups in total. The SMILES string of the molecule is NCc1nc(-c2cc(F)ccc2F)sc1Br. The Morgan fingerprint density at radius 3 is 2.75 bits per heavy atom. The van der Waals surface area contributed by atoms with E-state index in [0.717, 1.165) is 22.0 Å². The Kier molecular flexibility index (Phi) is 3.32. The molecule has 2 nitrogen and oxygen atoms in total. The lowest BCUT2D eigenvalue weighted by molar-refractivity contribution is 0.603. The minimum Gasteiger partial charge on any atom is -0.325 e. The third-order valence-electron chi connectivity index (χ3n) is 2.00. The first-order valence-corrected chi connectivity index (χ1v) is 6.03. The number of benzene rings is 1. The molecular weight excluding hydrogens is 298 g/mol. The Labute approximate surface area is 103 Å². The number of halogens is 3. The molecular formula is C10H7BrF2N2S. The molecule has 0 amide bonds. The van der Waals surface area contributed by atoms with Gasteiger partial charge in [-0.25, -0.2) is 13.8 Å². The van der Waals surface area contributed by atoms with E-state index >= 15 is 0 Å². The van der Waals surface area contributed by atoms with Gasteiger partial charge >= 0.3 is 0 Å². The first-order chi connectivity index (χ1) is 7.61. The van der Waals surface area contributed by atoms with Crippen LogP contribution < -0.4 is 5.73 Å². The first-order valence-electron chi connectivity index (χ1n) is 4.42. The van der Waals surface area contributed by atoms with Crippen molar-refractivity contribution in [1.82, 2.24) is 4.98 Å². The second-order valence-corrected chi connectivity index (χ2v) is 5.38. The molecule has 84 valence electrons. The average molecular weight is 305 g/mol. The van der Waals surface area contributed by atoms with Crippen LogP contribution in [-0.2, 0) is 6.54 Å². The number of nitrogens with zero attached hydrogens (tertiary/aromatic N) is 1. The fourth-order valence-corrected chi connectivity index (χ4v) is 2.78. The van der Waals surface area contributed by atoms with Gasteiger partial charge < -0.3 is 5.73 Å². The van der Waals surface area contributed by atoms with Gasteiger partial charge in [0.1, 0.15) is 16.6 Å². The summed E-state index contributed by atoms with van der Waals surface area (Å²) < 4.78 is 27.2. The van der Waals surface area contributed by atoms with E-state index in [0.29, 0.717) is 10.7 Å². The summed E-state index contributed by atoms with van der Waals surface area (Å²) in [5.74, 6) is -0.983. The number of hydrogen-bond donors (Lipinski definition) is 1. The van der Waals surface area contributed by atoms with E-state index in [1.165, 1.54) is 11.3 Å². The molecule has 0 aliphatic heterocycles. The molecule has 0 saturated heterocycles. The normalized spacial score (nSPS) is 10.8. The lowest BCUT2D eigenvalue weighted by atomic mass is 10.2. The molecule has 0 bridgehead atoms. The number of hydrogen-bond acceptors (Lipinski definition) is 3.